The van der Waals surface area contributed by atoms with E-state index in [4.69, 9.17) is 5.73 Å². The van der Waals surface area contributed by atoms with E-state index in [-0.39, 0.29) is 11.9 Å². The van der Waals surface area contributed by atoms with Gasteiger partial charge in [-0.25, -0.2) is 9.37 Å². The van der Waals surface area contributed by atoms with Crippen molar-refractivity contribution in [2.45, 2.75) is 38.6 Å². The fraction of sp³-hybridized carbons (Fsp3) is 0.273. The number of pyridine rings is 1. The van der Waals surface area contributed by atoms with E-state index in [1.54, 1.807) is 12.3 Å². The van der Waals surface area contributed by atoms with Gasteiger partial charge >= 0.3 is 0 Å². The molecule has 3 N–H and O–H groups in total. The molecule has 1 fully saturated rings. The number of nitrogens with two attached hydrogens (primary N) is 1. The number of carbonyl (C=O) groups is 1. The van der Waals surface area contributed by atoms with Crippen LogP contribution in [0.25, 0.3) is 21.9 Å². The van der Waals surface area contributed by atoms with Gasteiger partial charge in [-0.1, -0.05) is 12.1 Å². The maximum absolute atomic E-state index is 14.5. The molecule has 27 heavy (non-hydrogen) atoms. The van der Waals surface area contributed by atoms with E-state index in [1.165, 1.54) is 6.07 Å². The number of rotatable bonds is 3. The van der Waals surface area contributed by atoms with Gasteiger partial charge in [-0.15, -0.1) is 0 Å². The average molecular weight is 363 g/mol. The highest BCUT2D eigenvalue weighted by Gasteiger charge is 2.20. The number of anilines is 2. The molecule has 3 aromatic rings. The van der Waals surface area contributed by atoms with Gasteiger partial charge in [0.2, 0.25) is 0 Å². The minimum atomic E-state index is -0.244. The summed E-state index contributed by atoms with van der Waals surface area (Å²) in [6.45, 7) is 1.91. The molecule has 1 saturated carbocycles. The number of fused-ring (bicyclic) bond motifs is 1. The molecule has 0 radical (unpaired) electrons. The largest absolute Gasteiger partial charge is 0.384 e. The molecule has 1 heterocycles. The molecule has 4 nitrogen and oxygen atoms in total. The van der Waals surface area contributed by atoms with Crippen molar-refractivity contribution in [2.24, 2.45) is 0 Å². The summed E-state index contributed by atoms with van der Waals surface area (Å²) in [5.74, 6) is 0.522. The summed E-state index contributed by atoms with van der Waals surface area (Å²) in [7, 11) is 0. The summed E-state index contributed by atoms with van der Waals surface area (Å²) in [5, 5.41) is 5.42. The fourth-order valence-electron chi connectivity index (χ4n) is 3.84. The summed E-state index contributed by atoms with van der Waals surface area (Å²) in [6, 6.07) is 11.1. The van der Waals surface area contributed by atoms with E-state index in [1.807, 2.05) is 31.2 Å². The number of Topliss-reactive ketones (excluding diaryl/α,β-unsaturated/α-hetero) is 1. The van der Waals surface area contributed by atoms with Gasteiger partial charge in [0, 0.05) is 47.1 Å². The van der Waals surface area contributed by atoms with E-state index < -0.39 is 0 Å². The van der Waals surface area contributed by atoms with Crippen LogP contribution >= 0.6 is 0 Å². The zero-order chi connectivity index (χ0) is 19.0. The maximum Gasteiger partial charge on any atom is 0.133 e. The number of nitrogens with one attached hydrogen (secondary N) is 1. The van der Waals surface area contributed by atoms with E-state index in [2.05, 4.69) is 10.3 Å². The van der Waals surface area contributed by atoms with E-state index in [0.717, 1.165) is 40.4 Å². The second kappa shape index (κ2) is 6.99. The highest BCUT2D eigenvalue weighted by atomic mass is 19.1. The van der Waals surface area contributed by atoms with Gasteiger partial charge in [0.05, 0.1) is 0 Å². The van der Waals surface area contributed by atoms with Crippen LogP contribution in [-0.4, -0.2) is 16.8 Å². The van der Waals surface area contributed by atoms with Crippen LogP contribution < -0.4 is 11.1 Å². The summed E-state index contributed by atoms with van der Waals surface area (Å²) in [5.41, 5.74) is 9.08. The van der Waals surface area contributed by atoms with Gasteiger partial charge in [0.25, 0.3) is 0 Å². The first-order chi connectivity index (χ1) is 13.0. The first-order valence-electron chi connectivity index (χ1n) is 9.24. The SMILES string of the molecule is Cc1cccc(F)c1-c1cc(NC2CCC(=O)CC2)c2cc(N)ncc2c1. The molecular weight excluding hydrogens is 341 g/mol. The molecule has 0 saturated heterocycles. The van der Waals surface area contributed by atoms with Crippen molar-refractivity contribution < 1.29 is 9.18 Å². The number of ketones is 1. The monoisotopic (exact) mass is 363 g/mol. The second-order valence-electron chi connectivity index (χ2n) is 7.24. The van der Waals surface area contributed by atoms with Crippen molar-refractivity contribution in [1.29, 1.82) is 0 Å². The molecule has 0 unspecified atom stereocenters. The predicted octanol–water partition coefficient (Wildman–Crippen LogP) is 4.86. The third kappa shape index (κ3) is 3.50. The van der Waals surface area contributed by atoms with Crippen molar-refractivity contribution in [2.75, 3.05) is 11.1 Å². The molecule has 0 bridgehead atoms. The maximum atomic E-state index is 14.5. The Kier molecular flexibility index (Phi) is 4.52. The van der Waals surface area contributed by atoms with Crippen LogP contribution in [0, 0.1) is 12.7 Å². The number of nitrogens with zero attached hydrogens (tertiary/aromatic N) is 1. The molecule has 1 aromatic heterocycles. The molecular formula is C22H22FN3O. The third-order valence-corrected chi connectivity index (χ3v) is 5.27. The first-order valence-corrected chi connectivity index (χ1v) is 9.24. The predicted molar refractivity (Wildman–Crippen MR) is 107 cm³/mol. The zero-order valence-corrected chi connectivity index (χ0v) is 15.3. The Bertz CT molecular complexity index is 1000. The van der Waals surface area contributed by atoms with Crippen molar-refractivity contribution >= 4 is 28.1 Å². The summed E-state index contributed by atoms with van der Waals surface area (Å²) < 4.78 is 14.5. The second-order valence-corrected chi connectivity index (χ2v) is 7.24. The number of benzene rings is 2. The van der Waals surface area contributed by atoms with Crippen molar-refractivity contribution in [3.63, 3.8) is 0 Å². The number of nitrogen functional groups attached to an aromatic ring is 1. The lowest BCUT2D eigenvalue weighted by Gasteiger charge is -2.24. The van der Waals surface area contributed by atoms with Crippen LogP contribution in [0.1, 0.15) is 31.2 Å². The van der Waals surface area contributed by atoms with Crippen molar-refractivity contribution in [3.8, 4) is 11.1 Å². The molecule has 0 atom stereocenters. The van der Waals surface area contributed by atoms with Gasteiger partial charge in [-0.05, 0) is 55.2 Å². The topological polar surface area (TPSA) is 68.0 Å². The Labute approximate surface area is 157 Å². The molecule has 0 aliphatic heterocycles. The van der Waals surface area contributed by atoms with E-state index in [9.17, 15) is 9.18 Å². The molecule has 138 valence electrons. The molecule has 1 aliphatic carbocycles. The van der Waals surface area contributed by atoms with E-state index in [0.29, 0.717) is 30.0 Å². The molecule has 5 heteroatoms. The Morgan fingerprint density at radius 2 is 1.96 bits per heavy atom. The summed E-state index contributed by atoms with van der Waals surface area (Å²) in [6.07, 6.45) is 4.55. The first kappa shape index (κ1) is 17.5. The number of halogens is 1. The molecule has 1 aliphatic rings. The van der Waals surface area contributed by atoms with Crippen LogP contribution in [0.5, 0.6) is 0 Å². The van der Waals surface area contributed by atoms with Crippen LogP contribution in [0.15, 0.2) is 42.6 Å². The molecule has 2 aromatic carbocycles. The summed E-state index contributed by atoms with van der Waals surface area (Å²) >= 11 is 0. The van der Waals surface area contributed by atoms with Crippen molar-refractivity contribution in [3.05, 3.63) is 54.0 Å². The van der Waals surface area contributed by atoms with Crippen LogP contribution in [-0.2, 0) is 4.79 Å². The number of hydrogen-bond donors (Lipinski definition) is 2. The quantitative estimate of drug-likeness (QED) is 0.698. The lowest BCUT2D eigenvalue weighted by molar-refractivity contribution is -0.120. The van der Waals surface area contributed by atoms with Gasteiger partial charge in [0.15, 0.2) is 0 Å². The highest BCUT2D eigenvalue weighted by molar-refractivity contribution is 5.99. The van der Waals surface area contributed by atoms with Gasteiger partial charge in [0.1, 0.15) is 17.4 Å². The van der Waals surface area contributed by atoms with E-state index >= 15 is 0 Å². The Hall–Kier alpha value is -2.95. The van der Waals surface area contributed by atoms with Crippen LogP contribution in [0.4, 0.5) is 15.9 Å². The minimum absolute atomic E-state index is 0.220. The number of carbonyl (C=O) groups excluding carboxylic acids is 1. The minimum Gasteiger partial charge on any atom is -0.384 e. The van der Waals surface area contributed by atoms with Gasteiger partial charge in [-0.2, -0.15) is 0 Å². The zero-order valence-electron chi connectivity index (χ0n) is 15.3. The molecule has 0 amide bonds. The molecule has 0 spiro atoms. The van der Waals surface area contributed by atoms with Gasteiger partial charge < -0.3 is 11.1 Å². The Balaban J connectivity index is 1.83. The number of hydrogen-bond acceptors (Lipinski definition) is 4. The Morgan fingerprint density at radius 1 is 1.19 bits per heavy atom. The van der Waals surface area contributed by atoms with Crippen LogP contribution in [0.3, 0.4) is 0 Å². The lowest BCUT2D eigenvalue weighted by atomic mass is 9.93. The standard InChI is InChI=1S/C22H22FN3O/c1-13-3-2-4-19(23)22(13)14-9-15-12-25-21(24)11-18(15)20(10-14)26-16-5-7-17(27)8-6-16/h2-4,9-12,16,26H,5-8H2,1H3,(H2,24,25). The smallest absolute Gasteiger partial charge is 0.133 e. The summed E-state index contributed by atoms with van der Waals surface area (Å²) in [4.78, 5) is 15.7. The number of aryl methyl sites for hydroxylation is 1. The Morgan fingerprint density at radius 3 is 2.70 bits per heavy atom. The van der Waals surface area contributed by atoms with Gasteiger partial charge in [-0.3, -0.25) is 4.79 Å². The number of aromatic nitrogens is 1. The molecule has 4 rings (SSSR count). The van der Waals surface area contributed by atoms with Crippen LogP contribution in [0.2, 0.25) is 0 Å². The third-order valence-electron chi connectivity index (χ3n) is 5.27. The fourth-order valence-corrected chi connectivity index (χ4v) is 3.84. The average Bonchev–Trinajstić information content (AvgIpc) is 2.64. The normalized spacial score (nSPS) is 15.3. The lowest BCUT2D eigenvalue weighted by Crippen LogP contribution is -2.26. The van der Waals surface area contributed by atoms with Crippen molar-refractivity contribution in [1.82, 2.24) is 4.98 Å². The highest BCUT2D eigenvalue weighted by Crippen LogP contribution is 2.35.